The molecule has 5 heteroatoms. The number of hydrogen-bond acceptors (Lipinski definition) is 3. The number of benzene rings is 2. The van der Waals surface area contributed by atoms with E-state index in [0.717, 1.165) is 16.3 Å². The largest absolute Gasteiger partial charge is 0.494 e. The van der Waals surface area contributed by atoms with Crippen LogP contribution in [-0.4, -0.2) is 17.8 Å². The molecule has 0 fully saturated rings. The van der Waals surface area contributed by atoms with E-state index in [4.69, 9.17) is 16.3 Å². The highest BCUT2D eigenvalue weighted by molar-refractivity contribution is 8.00. The van der Waals surface area contributed by atoms with Gasteiger partial charge in [-0.1, -0.05) is 11.6 Å². The lowest BCUT2D eigenvalue weighted by Crippen LogP contribution is -2.22. The topological polar surface area (TPSA) is 38.3 Å². The van der Waals surface area contributed by atoms with Gasteiger partial charge in [-0.05, 0) is 62.4 Å². The molecule has 0 saturated heterocycles. The second-order valence-electron chi connectivity index (χ2n) is 4.66. The molecule has 0 radical (unpaired) electrons. The number of thioether (sulfide) groups is 1. The van der Waals surface area contributed by atoms with Crippen LogP contribution in [0.1, 0.15) is 13.8 Å². The number of rotatable bonds is 6. The molecule has 116 valence electrons. The molecule has 0 heterocycles. The van der Waals surface area contributed by atoms with Crippen LogP contribution in [0.5, 0.6) is 5.75 Å². The summed E-state index contributed by atoms with van der Waals surface area (Å²) >= 11 is 7.35. The fourth-order valence-corrected chi connectivity index (χ4v) is 2.81. The number of hydrogen-bond donors (Lipinski definition) is 1. The molecule has 2 rings (SSSR count). The zero-order valence-corrected chi connectivity index (χ0v) is 14.1. The SMILES string of the molecule is CCOc1ccc(NC(=O)C(C)Sc2ccc(Cl)cc2)cc1. The standard InChI is InChI=1S/C17H18ClNO2S/c1-3-21-15-8-6-14(7-9-15)19-17(20)12(2)22-16-10-4-13(18)5-11-16/h4-12H,3H2,1-2H3,(H,19,20). The Labute approximate surface area is 140 Å². The quantitative estimate of drug-likeness (QED) is 0.766. The van der Waals surface area contributed by atoms with Gasteiger partial charge in [-0.2, -0.15) is 0 Å². The van der Waals surface area contributed by atoms with Crippen molar-refractivity contribution in [3.63, 3.8) is 0 Å². The van der Waals surface area contributed by atoms with Crippen LogP contribution >= 0.6 is 23.4 Å². The molecule has 0 aromatic heterocycles. The number of carbonyl (C=O) groups excluding carboxylic acids is 1. The zero-order valence-electron chi connectivity index (χ0n) is 12.5. The molecule has 2 aromatic carbocycles. The summed E-state index contributed by atoms with van der Waals surface area (Å²) in [6, 6.07) is 14.8. The molecule has 0 aliphatic carbocycles. The van der Waals surface area contributed by atoms with Gasteiger partial charge in [-0.3, -0.25) is 4.79 Å². The third-order valence-corrected chi connectivity index (χ3v) is 4.29. The van der Waals surface area contributed by atoms with Crippen molar-refractivity contribution >= 4 is 35.0 Å². The number of amides is 1. The van der Waals surface area contributed by atoms with Crippen molar-refractivity contribution in [3.05, 3.63) is 53.6 Å². The predicted molar refractivity (Wildman–Crippen MR) is 93.0 cm³/mol. The minimum atomic E-state index is -0.201. The Hall–Kier alpha value is -1.65. The van der Waals surface area contributed by atoms with Gasteiger partial charge in [-0.15, -0.1) is 11.8 Å². The van der Waals surface area contributed by atoms with E-state index in [1.807, 2.05) is 62.4 Å². The van der Waals surface area contributed by atoms with Crippen molar-refractivity contribution in [2.45, 2.75) is 24.0 Å². The van der Waals surface area contributed by atoms with E-state index in [1.54, 1.807) is 0 Å². The van der Waals surface area contributed by atoms with Gasteiger partial charge < -0.3 is 10.1 Å². The van der Waals surface area contributed by atoms with E-state index in [2.05, 4.69) is 5.32 Å². The molecule has 1 atom stereocenters. The third kappa shape index (κ3) is 4.97. The fourth-order valence-electron chi connectivity index (χ4n) is 1.82. The van der Waals surface area contributed by atoms with Crippen molar-refractivity contribution in [1.29, 1.82) is 0 Å². The van der Waals surface area contributed by atoms with E-state index in [0.29, 0.717) is 11.6 Å². The zero-order chi connectivity index (χ0) is 15.9. The molecule has 1 unspecified atom stereocenters. The molecule has 1 N–H and O–H groups in total. The van der Waals surface area contributed by atoms with Gasteiger partial charge in [0.2, 0.25) is 5.91 Å². The Morgan fingerprint density at radius 3 is 2.41 bits per heavy atom. The van der Waals surface area contributed by atoms with E-state index in [-0.39, 0.29) is 11.2 Å². The number of carbonyl (C=O) groups is 1. The molecule has 3 nitrogen and oxygen atoms in total. The summed E-state index contributed by atoms with van der Waals surface area (Å²) in [5.41, 5.74) is 0.761. The molecular formula is C17H18ClNO2S. The van der Waals surface area contributed by atoms with Crippen LogP contribution in [0.4, 0.5) is 5.69 Å². The van der Waals surface area contributed by atoms with Gasteiger partial charge in [0.25, 0.3) is 0 Å². The van der Waals surface area contributed by atoms with Gasteiger partial charge in [0, 0.05) is 15.6 Å². The van der Waals surface area contributed by atoms with E-state index >= 15 is 0 Å². The van der Waals surface area contributed by atoms with Gasteiger partial charge in [0.05, 0.1) is 11.9 Å². The molecule has 22 heavy (non-hydrogen) atoms. The molecule has 0 spiro atoms. The molecule has 0 aliphatic heterocycles. The maximum Gasteiger partial charge on any atom is 0.237 e. The lowest BCUT2D eigenvalue weighted by molar-refractivity contribution is -0.115. The third-order valence-electron chi connectivity index (χ3n) is 2.93. The van der Waals surface area contributed by atoms with Gasteiger partial charge in [0.15, 0.2) is 0 Å². The van der Waals surface area contributed by atoms with Crippen LogP contribution in [-0.2, 0) is 4.79 Å². The maximum atomic E-state index is 12.2. The molecule has 2 aromatic rings. The van der Waals surface area contributed by atoms with Gasteiger partial charge in [-0.25, -0.2) is 0 Å². The first kappa shape index (κ1) is 16.7. The Kier molecular flexibility index (Phi) is 6.16. The smallest absolute Gasteiger partial charge is 0.237 e. The first-order chi connectivity index (χ1) is 10.6. The van der Waals surface area contributed by atoms with E-state index in [9.17, 15) is 4.79 Å². The van der Waals surface area contributed by atoms with Crippen molar-refractivity contribution < 1.29 is 9.53 Å². The summed E-state index contributed by atoms with van der Waals surface area (Å²) in [6.07, 6.45) is 0. The summed E-state index contributed by atoms with van der Waals surface area (Å²) in [5, 5.41) is 3.39. The molecule has 0 aliphatic rings. The number of halogens is 1. The highest BCUT2D eigenvalue weighted by atomic mass is 35.5. The van der Waals surface area contributed by atoms with E-state index < -0.39 is 0 Å². The van der Waals surface area contributed by atoms with Crippen LogP contribution in [0, 0.1) is 0 Å². The first-order valence-corrected chi connectivity index (χ1v) is 8.30. The summed E-state index contributed by atoms with van der Waals surface area (Å²) in [4.78, 5) is 13.2. The maximum absolute atomic E-state index is 12.2. The highest BCUT2D eigenvalue weighted by Gasteiger charge is 2.14. The van der Waals surface area contributed by atoms with Crippen LogP contribution in [0.3, 0.4) is 0 Å². The molecule has 1 amide bonds. The lowest BCUT2D eigenvalue weighted by atomic mass is 10.3. The normalized spacial score (nSPS) is 11.8. The second-order valence-corrected chi connectivity index (χ2v) is 6.51. The molecular weight excluding hydrogens is 318 g/mol. The van der Waals surface area contributed by atoms with Crippen LogP contribution in [0.2, 0.25) is 5.02 Å². The Morgan fingerprint density at radius 2 is 1.82 bits per heavy atom. The highest BCUT2D eigenvalue weighted by Crippen LogP contribution is 2.25. The van der Waals surface area contributed by atoms with Crippen LogP contribution < -0.4 is 10.1 Å². The summed E-state index contributed by atoms with van der Waals surface area (Å²) < 4.78 is 5.37. The van der Waals surface area contributed by atoms with Crippen LogP contribution in [0.15, 0.2) is 53.4 Å². The Bertz CT molecular complexity index is 614. The Morgan fingerprint density at radius 1 is 1.18 bits per heavy atom. The summed E-state index contributed by atoms with van der Waals surface area (Å²) in [7, 11) is 0. The number of ether oxygens (including phenoxy) is 1. The van der Waals surface area contributed by atoms with Crippen molar-refractivity contribution in [2.75, 3.05) is 11.9 Å². The molecule has 0 saturated carbocycles. The number of anilines is 1. The van der Waals surface area contributed by atoms with Crippen LogP contribution in [0.25, 0.3) is 0 Å². The van der Waals surface area contributed by atoms with Gasteiger partial charge in [0.1, 0.15) is 5.75 Å². The van der Waals surface area contributed by atoms with Crippen molar-refractivity contribution in [2.24, 2.45) is 0 Å². The first-order valence-electron chi connectivity index (χ1n) is 7.04. The monoisotopic (exact) mass is 335 g/mol. The summed E-state index contributed by atoms with van der Waals surface area (Å²) in [5.74, 6) is 0.758. The minimum Gasteiger partial charge on any atom is -0.494 e. The van der Waals surface area contributed by atoms with Gasteiger partial charge >= 0.3 is 0 Å². The van der Waals surface area contributed by atoms with E-state index in [1.165, 1.54) is 11.8 Å². The molecule has 0 bridgehead atoms. The lowest BCUT2D eigenvalue weighted by Gasteiger charge is -2.12. The fraction of sp³-hybridized carbons (Fsp3) is 0.235. The Balaban J connectivity index is 1.91. The summed E-state index contributed by atoms with van der Waals surface area (Å²) in [6.45, 7) is 4.44. The predicted octanol–water partition coefficient (Wildman–Crippen LogP) is 4.86. The average Bonchev–Trinajstić information content (AvgIpc) is 2.51. The second kappa shape index (κ2) is 8.11. The number of nitrogens with one attached hydrogen (secondary N) is 1. The van der Waals surface area contributed by atoms with Crippen molar-refractivity contribution in [1.82, 2.24) is 0 Å². The average molecular weight is 336 g/mol. The van der Waals surface area contributed by atoms with Crippen molar-refractivity contribution in [3.8, 4) is 5.75 Å². The minimum absolute atomic E-state index is 0.0379.